The van der Waals surface area contributed by atoms with Crippen molar-refractivity contribution in [1.82, 2.24) is 5.32 Å². The zero-order valence-corrected chi connectivity index (χ0v) is 18.5. The Balaban J connectivity index is 0. The van der Waals surface area contributed by atoms with Crippen molar-refractivity contribution in [3.8, 4) is 0 Å². The third-order valence-electron chi connectivity index (χ3n) is 3.10. The van der Waals surface area contributed by atoms with Crippen LogP contribution in [0.3, 0.4) is 0 Å². The Labute approximate surface area is 168 Å². The van der Waals surface area contributed by atoms with Crippen molar-refractivity contribution < 1.29 is 19.5 Å². The van der Waals surface area contributed by atoms with Gasteiger partial charge in [0.25, 0.3) is 0 Å². The number of hydrogen-bond donors (Lipinski definition) is 2. The maximum atomic E-state index is 11.9. The molecule has 0 spiro atoms. The van der Waals surface area contributed by atoms with Gasteiger partial charge in [-0.15, -0.1) is 0 Å². The molecule has 0 aromatic heterocycles. The normalized spacial score (nSPS) is 10.7. The van der Waals surface area contributed by atoms with Crippen LogP contribution in [0.1, 0.15) is 59.6 Å². The Hall–Kier alpha value is -1.82. The minimum atomic E-state index is -1.14. The topological polar surface area (TPSA) is 83.5 Å². The standard InChI is InChI=1S/C17H23NO4S.2C2H6/c1-11(2)8-13-4-6-14(7-5-13)9-16(20)23-10-15(17(21)22)18-12(3)19;2*1-2/h4-7,11,15H,8-10H2,1-3H3,(H,18,19)(H,21,22);2*1-2H3. The first-order valence-electron chi connectivity index (χ1n) is 9.51. The number of nitrogens with one attached hydrogen (secondary N) is 1. The molecule has 1 atom stereocenters. The van der Waals surface area contributed by atoms with Crippen LogP contribution < -0.4 is 5.32 Å². The van der Waals surface area contributed by atoms with E-state index in [2.05, 4.69) is 19.2 Å². The molecule has 0 aliphatic carbocycles. The van der Waals surface area contributed by atoms with Crippen LogP contribution in [0, 0.1) is 5.92 Å². The fourth-order valence-electron chi connectivity index (χ4n) is 2.08. The van der Waals surface area contributed by atoms with E-state index in [0.29, 0.717) is 5.92 Å². The summed E-state index contributed by atoms with van der Waals surface area (Å²) in [6.07, 6.45) is 1.25. The second kappa shape index (κ2) is 16.4. The van der Waals surface area contributed by atoms with E-state index in [4.69, 9.17) is 5.11 Å². The van der Waals surface area contributed by atoms with Crippen LogP contribution in [0.15, 0.2) is 24.3 Å². The predicted octanol–water partition coefficient (Wildman–Crippen LogP) is 4.33. The Morgan fingerprint density at radius 1 is 1.00 bits per heavy atom. The molecule has 6 heteroatoms. The molecule has 1 rings (SSSR count). The molecule has 0 bridgehead atoms. The highest BCUT2D eigenvalue weighted by Crippen LogP contribution is 2.14. The summed E-state index contributed by atoms with van der Waals surface area (Å²) in [7, 11) is 0. The minimum absolute atomic E-state index is 0.0270. The summed E-state index contributed by atoms with van der Waals surface area (Å²) in [5.74, 6) is -0.955. The van der Waals surface area contributed by atoms with Crippen molar-refractivity contribution in [2.75, 3.05) is 5.75 Å². The van der Waals surface area contributed by atoms with Gasteiger partial charge in [-0.1, -0.05) is 77.6 Å². The van der Waals surface area contributed by atoms with Crippen molar-refractivity contribution in [2.45, 2.75) is 67.3 Å². The van der Waals surface area contributed by atoms with E-state index in [0.717, 1.165) is 23.7 Å². The van der Waals surface area contributed by atoms with Crippen molar-refractivity contribution in [3.05, 3.63) is 35.4 Å². The molecule has 1 amide bonds. The lowest BCUT2D eigenvalue weighted by Crippen LogP contribution is -2.41. The highest BCUT2D eigenvalue weighted by Gasteiger charge is 2.20. The molecule has 0 aliphatic heterocycles. The van der Waals surface area contributed by atoms with Crippen molar-refractivity contribution in [1.29, 1.82) is 0 Å². The third-order valence-corrected chi connectivity index (χ3v) is 4.07. The van der Waals surface area contributed by atoms with Gasteiger partial charge in [0, 0.05) is 19.1 Å². The lowest BCUT2D eigenvalue weighted by Gasteiger charge is -2.12. The molecule has 2 N–H and O–H groups in total. The van der Waals surface area contributed by atoms with Crippen LogP contribution in [0.5, 0.6) is 0 Å². The maximum Gasteiger partial charge on any atom is 0.327 e. The molecule has 1 aromatic rings. The van der Waals surface area contributed by atoms with Crippen LogP contribution >= 0.6 is 11.8 Å². The van der Waals surface area contributed by atoms with Crippen LogP contribution in [0.25, 0.3) is 0 Å². The lowest BCUT2D eigenvalue weighted by atomic mass is 10.0. The highest BCUT2D eigenvalue weighted by molar-refractivity contribution is 8.13. The van der Waals surface area contributed by atoms with Gasteiger partial charge < -0.3 is 10.4 Å². The second-order valence-corrected chi connectivity index (χ2v) is 6.94. The summed E-state index contributed by atoms with van der Waals surface area (Å²) in [5.41, 5.74) is 2.14. The van der Waals surface area contributed by atoms with E-state index < -0.39 is 17.9 Å². The number of amides is 1. The van der Waals surface area contributed by atoms with Crippen LogP contribution in [0.2, 0.25) is 0 Å². The zero-order chi connectivity index (χ0) is 21.4. The van der Waals surface area contributed by atoms with Gasteiger partial charge in [0.1, 0.15) is 6.04 Å². The number of aliphatic carboxylic acids is 1. The molecule has 0 heterocycles. The van der Waals surface area contributed by atoms with E-state index in [9.17, 15) is 14.4 Å². The molecular formula is C21H35NO4S. The number of hydrogen-bond acceptors (Lipinski definition) is 4. The molecule has 27 heavy (non-hydrogen) atoms. The van der Waals surface area contributed by atoms with E-state index in [1.807, 2.05) is 52.0 Å². The highest BCUT2D eigenvalue weighted by atomic mass is 32.2. The molecule has 1 unspecified atom stereocenters. The van der Waals surface area contributed by atoms with Gasteiger partial charge in [-0.3, -0.25) is 9.59 Å². The smallest absolute Gasteiger partial charge is 0.327 e. The number of rotatable bonds is 8. The summed E-state index contributed by atoms with van der Waals surface area (Å²) in [6, 6.07) is 6.85. The summed E-state index contributed by atoms with van der Waals surface area (Å²) < 4.78 is 0. The summed E-state index contributed by atoms with van der Waals surface area (Å²) in [6.45, 7) is 13.6. The number of carbonyl (C=O) groups is 3. The van der Waals surface area contributed by atoms with Gasteiger partial charge >= 0.3 is 5.97 Å². The Morgan fingerprint density at radius 3 is 1.89 bits per heavy atom. The second-order valence-electron chi connectivity index (χ2n) is 5.87. The number of carbonyl (C=O) groups excluding carboxylic acids is 2. The first-order chi connectivity index (χ1) is 12.8. The quantitative estimate of drug-likeness (QED) is 0.682. The molecule has 0 radical (unpaired) electrons. The monoisotopic (exact) mass is 397 g/mol. The molecular weight excluding hydrogens is 362 g/mol. The van der Waals surface area contributed by atoms with Crippen LogP contribution in [0.4, 0.5) is 0 Å². The van der Waals surface area contributed by atoms with E-state index in [-0.39, 0.29) is 17.3 Å². The van der Waals surface area contributed by atoms with E-state index >= 15 is 0 Å². The van der Waals surface area contributed by atoms with Gasteiger partial charge in [0.05, 0.1) is 0 Å². The molecule has 154 valence electrons. The van der Waals surface area contributed by atoms with Gasteiger partial charge in [-0.25, -0.2) is 4.79 Å². The molecule has 5 nitrogen and oxygen atoms in total. The number of benzene rings is 1. The van der Waals surface area contributed by atoms with Crippen molar-refractivity contribution >= 4 is 28.8 Å². The van der Waals surface area contributed by atoms with E-state index in [1.54, 1.807) is 0 Å². The molecule has 0 fully saturated rings. The first-order valence-corrected chi connectivity index (χ1v) is 10.5. The Kier molecular flexibility index (Phi) is 16.6. The lowest BCUT2D eigenvalue weighted by molar-refractivity contribution is -0.140. The first kappa shape index (κ1) is 27.4. The molecule has 0 saturated heterocycles. The average molecular weight is 398 g/mol. The number of carboxylic acids is 1. The fourth-order valence-corrected chi connectivity index (χ4v) is 2.93. The Bertz CT molecular complexity index is 556. The van der Waals surface area contributed by atoms with Crippen LogP contribution in [-0.4, -0.2) is 33.9 Å². The van der Waals surface area contributed by atoms with Crippen molar-refractivity contribution in [3.63, 3.8) is 0 Å². The molecule has 1 aromatic carbocycles. The summed E-state index contributed by atoms with van der Waals surface area (Å²) >= 11 is 0.930. The van der Waals surface area contributed by atoms with E-state index in [1.165, 1.54) is 12.5 Å². The predicted molar refractivity (Wildman–Crippen MR) is 114 cm³/mol. The van der Waals surface area contributed by atoms with Gasteiger partial charge in [0.2, 0.25) is 5.91 Å². The SMILES string of the molecule is CC.CC.CC(=O)NC(CSC(=O)Cc1ccc(CC(C)C)cc1)C(=O)O. The summed E-state index contributed by atoms with van der Waals surface area (Å²) in [5, 5.41) is 11.2. The minimum Gasteiger partial charge on any atom is -0.480 e. The summed E-state index contributed by atoms with van der Waals surface area (Å²) in [4.78, 5) is 33.9. The molecule has 0 aliphatic rings. The maximum absolute atomic E-state index is 11.9. The Morgan fingerprint density at radius 2 is 1.48 bits per heavy atom. The largest absolute Gasteiger partial charge is 0.480 e. The van der Waals surface area contributed by atoms with Gasteiger partial charge in [-0.2, -0.15) is 0 Å². The molecule has 0 saturated carbocycles. The van der Waals surface area contributed by atoms with Gasteiger partial charge in [-0.05, 0) is 23.5 Å². The fraction of sp³-hybridized carbons (Fsp3) is 0.571. The number of thioether (sulfide) groups is 1. The third kappa shape index (κ3) is 14.0. The van der Waals surface area contributed by atoms with Crippen molar-refractivity contribution in [2.24, 2.45) is 5.92 Å². The van der Waals surface area contributed by atoms with Crippen LogP contribution in [-0.2, 0) is 27.2 Å². The number of carboxylic acid groups (broad SMARTS) is 1. The average Bonchev–Trinajstić information content (AvgIpc) is 2.63. The zero-order valence-electron chi connectivity index (χ0n) is 17.7. The van der Waals surface area contributed by atoms with Gasteiger partial charge in [0.15, 0.2) is 5.12 Å².